The average Bonchev–Trinajstić information content (AvgIpc) is 1.99. The molecule has 0 rings (SSSR count). The zero-order valence-electron chi connectivity index (χ0n) is 7.60. The van der Waals surface area contributed by atoms with E-state index < -0.39 is 0 Å². The van der Waals surface area contributed by atoms with Gasteiger partial charge in [0.05, 0.1) is 0 Å². The van der Waals surface area contributed by atoms with E-state index in [1.54, 1.807) is 6.08 Å². The summed E-state index contributed by atoms with van der Waals surface area (Å²) in [6, 6.07) is 0. The third-order valence-electron chi connectivity index (χ3n) is 1.63. The van der Waals surface area contributed by atoms with Gasteiger partial charge in [-0.05, 0) is 19.4 Å². The Morgan fingerprint density at radius 3 is 2.55 bits per heavy atom. The molecule has 0 aromatic carbocycles. The van der Waals surface area contributed by atoms with Crippen LogP contribution in [0.25, 0.3) is 0 Å². The number of carbonyl (C=O) groups is 1. The largest absolute Gasteiger partial charge is 0.295 e. The van der Waals surface area contributed by atoms with Crippen LogP contribution in [0.5, 0.6) is 0 Å². The molecule has 64 valence electrons. The van der Waals surface area contributed by atoms with Crippen LogP contribution in [0, 0.1) is 0 Å². The van der Waals surface area contributed by atoms with Gasteiger partial charge in [0, 0.05) is 6.42 Å². The molecule has 0 fully saturated rings. The standard InChI is InChI=1S/C10H18O/c1-3-5-6-7-9-10(11)8-4-2/h4,8H,3,5-7,9H2,1-2H3/b8-4+. The molecule has 0 aliphatic rings. The van der Waals surface area contributed by atoms with Crippen LogP contribution in [0.1, 0.15) is 46.0 Å². The Morgan fingerprint density at radius 1 is 1.27 bits per heavy atom. The van der Waals surface area contributed by atoms with Crippen molar-refractivity contribution >= 4 is 5.78 Å². The molecular formula is C10H18O. The highest BCUT2D eigenvalue weighted by atomic mass is 16.1. The second kappa shape index (κ2) is 7.52. The molecule has 1 nitrogen and oxygen atoms in total. The summed E-state index contributed by atoms with van der Waals surface area (Å²) >= 11 is 0. The van der Waals surface area contributed by atoms with Gasteiger partial charge in [0.15, 0.2) is 5.78 Å². The molecule has 0 unspecified atom stereocenters. The van der Waals surface area contributed by atoms with Crippen molar-refractivity contribution in [2.75, 3.05) is 0 Å². The number of ketones is 1. The van der Waals surface area contributed by atoms with Crippen molar-refractivity contribution in [3.05, 3.63) is 12.2 Å². The van der Waals surface area contributed by atoms with Crippen molar-refractivity contribution in [1.82, 2.24) is 0 Å². The first-order valence-electron chi connectivity index (χ1n) is 4.46. The average molecular weight is 154 g/mol. The number of hydrogen-bond acceptors (Lipinski definition) is 1. The smallest absolute Gasteiger partial charge is 0.155 e. The number of hydrogen-bond donors (Lipinski definition) is 0. The van der Waals surface area contributed by atoms with Crippen LogP contribution in [0.15, 0.2) is 12.2 Å². The molecule has 0 amide bonds. The minimum absolute atomic E-state index is 0.267. The highest BCUT2D eigenvalue weighted by Crippen LogP contribution is 2.02. The Bertz CT molecular complexity index is 125. The predicted octanol–water partition coefficient (Wildman–Crippen LogP) is 3.10. The quantitative estimate of drug-likeness (QED) is 0.424. The maximum atomic E-state index is 10.9. The van der Waals surface area contributed by atoms with Gasteiger partial charge in [-0.15, -0.1) is 0 Å². The summed E-state index contributed by atoms with van der Waals surface area (Å²) in [5.74, 6) is 0.267. The van der Waals surface area contributed by atoms with E-state index in [0.717, 1.165) is 12.8 Å². The molecule has 0 aromatic rings. The van der Waals surface area contributed by atoms with Crippen LogP contribution in [0.3, 0.4) is 0 Å². The van der Waals surface area contributed by atoms with E-state index in [1.807, 2.05) is 13.0 Å². The Balaban J connectivity index is 3.17. The van der Waals surface area contributed by atoms with Gasteiger partial charge in [0.2, 0.25) is 0 Å². The fourth-order valence-electron chi connectivity index (χ4n) is 0.995. The van der Waals surface area contributed by atoms with Crippen LogP contribution in [0.4, 0.5) is 0 Å². The molecule has 0 heterocycles. The number of carbonyl (C=O) groups excluding carboxylic acids is 1. The molecule has 1 heteroatoms. The van der Waals surface area contributed by atoms with E-state index in [9.17, 15) is 4.79 Å². The minimum Gasteiger partial charge on any atom is -0.295 e. The van der Waals surface area contributed by atoms with Crippen LogP contribution in [-0.2, 0) is 4.79 Å². The number of rotatable bonds is 6. The SMILES string of the molecule is C/C=C/C(=O)CCCCCC. The lowest BCUT2D eigenvalue weighted by atomic mass is 10.1. The molecule has 0 saturated carbocycles. The lowest BCUT2D eigenvalue weighted by Gasteiger charge is -1.94. The summed E-state index contributed by atoms with van der Waals surface area (Å²) in [7, 11) is 0. The van der Waals surface area contributed by atoms with Crippen molar-refractivity contribution in [3.63, 3.8) is 0 Å². The van der Waals surface area contributed by atoms with Gasteiger partial charge in [0.25, 0.3) is 0 Å². The van der Waals surface area contributed by atoms with Gasteiger partial charge in [0.1, 0.15) is 0 Å². The van der Waals surface area contributed by atoms with Crippen molar-refractivity contribution in [1.29, 1.82) is 0 Å². The molecule has 11 heavy (non-hydrogen) atoms. The molecule has 0 aliphatic heterocycles. The zero-order chi connectivity index (χ0) is 8.53. The Morgan fingerprint density at radius 2 is 2.00 bits per heavy atom. The molecule has 0 N–H and O–H groups in total. The van der Waals surface area contributed by atoms with E-state index in [4.69, 9.17) is 0 Å². The molecule has 0 aromatic heterocycles. The first-order chi connectivity index (χ1) is 5.31. The van der Waals surface area contributed by atoms with Gasteiger partial charge in [-0.25, -0.2) is 0 Å². The molecular weight excluding hydrogens is 136 g/mol. The summed E-state index contributed by atoms with van der Waals surface area (Å²) in [6.45, 7) is 4.05. The second-order valence-corrected chi connectivity index (χ2v) is 2.78. The maximum Gasteiger partial charge on any atom is 0.155 e. The highest BCUT2D eigenvalue weighted by molar-refractivity contribution is 5.89. The predicted molar refractivity (Wildman–Crippen MR) is 48.6 cm³/mol. The number of allylic oxidation sites excluding steroid dienone is 2. The lowest BCUT2D eigenvalue weighted by molar-refractivity contribution is -0.114. The first-order valence-corrected chi connectivity index (χ1v) is 4.46. The van der Waals surface area contributed by atoms with E-state index in [1.165, 1.54) is 19.3 Å². The van der Waals surface area contributed by atoms with E-state index >= 15 is 0 Å². The fourth-order valence-corrected chi connectivity index (χ4v) is 0.995. The maximum absolute atomic E-state index is 10.9. The highest BCUT2D eigenvalue weighted by Gasteiger charge is 1.94. The summed E-state index contributed by atoms with van der Waals surface area (Å²) in [5.41, 5.74) is 0. The monoisotopic (exact) mass is 154 g/mol. The Kier molecular flexibility index (Phi) is 7.11. The molecule has 0 saturated heterocycles. The molecule has 0 spiro atoms. The molecule has 0 atom stereocenters. The minimum atomic E-state index is 0.267. The zero-order valence-corrected chi connectivity index (χ0v) is 7.60. The normalized spacial score (nSPS) is 10.7. The third kappa shape index (κ3) is 7.31. The Hall–Kier alpha value is -0.590. The van der Waals surface area contributed by atoms with Crippen LogP contribution in [0.2, 0.25) is 0 Å². The van der Waals surface area contributed by atoms with Crippen LogP contribution in [-0.4, -0.2) is 5.78 Å². The first kappa shape index (κ1) is 10.4. The Labute approximate surface area is 69.5 Å². The van der Waals surface area contributed by atoms with Crippen molar-refractivity contribution in [2.45, 2.75) is 46.0 Å². The van der Waals surface area contributed by atoms with E-state index in [0.29, 0.717) is 0 Å². The summed E-state index contributed by atoms with van der Waals surface area (Å²) < 4.78 is 0. The molecule has 0 radical (unpaired) electrons. The lowest BCUT2D eigenvalue weighted by Crippen LogP contribution is -1.91. The second-order valence-electron chi connectivity index (χ2n) is 2.78. The van der Waals surface area contributed by atoms with Crippen LogP contribution < -0.4 is 0 Å². The van der Waals surface area contributed by atoms with Gasteiger partial charge in [-0.3, -0.25) is 4.79 Å². The number of unbranched alkanes of at least 4 members (excludes halogenated alkanes) is 3. The molecule has 0 bridgehead atoms. The summed E-state index contributed by atoms with van der Waals surface area (Å²) in [4.78, 5) is 10.9. The van der Waals surface area contributed by atoms with Gasteiger partial charge >= 0.3 is 0 Å². The summed E-state index contributed by atoms with van der Waals surface area (Å²) in [6.07, 6.45) is 8.93. The van der Waals surface area contributed by atoms with E-state index in [2.05, 4.69) is 6.92 Å². The molecule has 0 aliphatic carbocycles. The fraction of sp³-hybridized carbons (Fsp3) is 0.700. The van der Waals surface area contributed by atoms with Crippen molar-refractivity contribution in [3.8, 4) is 0 Å². The van der Waals surface area contributed by atoms with Gasteiger partial charge < -0.3 is 0 Å². The third-order valence-corrected chi connectivity index (χ3v) is 1.63. The van der Waals surface area contributed by atoms with Gasteiger partial charge in [-0.2, -0.15) is 0 Å². The van der Waals surface area contributed by atoms with Crippen molar-refractivity contribution in [2.24, 2.45) is 0 Å². The van der Waals surface area contributed by atoms with E-state index in [-0.39, 0.29) is 5.78 Å². The summed E-state index contributed by atoms with van der Waals surface area (Å²) in [5, 5.41) is 0. The topological polar surface area (TPSA) is 17.1 Å². The van der Waals surface area contributed by atoms with Gasteiger partial charge in [-0.1, -0.05) is 32.3 Å². The van der Waals surface area contributed by atoms with Crippen molar-refractivity contribution < 1.29 is 4.79 Å². The van der Waals surface area contributed by atoms with Crippen LogP contribution >= 0.6 is 0 Å².